The van der Waals surface area contributed by atoms with Gasteiger partial charge in [0.15, 0.2) is 5.82 Å². The highest BCUT2D eigenvalue weighted by molar-refractivity contribution is 9.10. The van der Waals surface area contributed by atoms with Crippen molar-refractivity contribution < 1.29 is 4.79 Å². The predicted octanol–water partition coefficient (Wildman–Crippen LogP) is 3.31. The number of hydrogen-bond acceptors (Lipinski definition) is 4. The maximum absolute atomic E-state index is 12.3. The number of aromatic nitrogens is 2. The Labute approximate surface area is 126 Å². The number of carbonyl (C=O) groups excluding carboxylic acids is 1. The van der Waals surface area contributed by atoms with Crippen LogP contribution in [0.2, 0.25) is 0 Å². The lowest BCUT2D eigenvalue weighted by atomic mass is 10.1. The minimum Gasteiger partial charge on any atom is -0.384 e. The van der Waals surface area contributed by atoms with Crippen molar-refractivity contribution >= 4 is 33.3 Å². The second kappa shape index (κ2) is 7.00. The van der Waals surface area contributed by atoms with Gasteiger partial charge in [0.25, 0.3) is 5.91 Å². The number of anilines is 2. The van der Waals surface area contributed by atoms with E-state index in [1.54, 1.807) is 6.07 Å². The van der Waals surface area contributed by atoms with Crippen molar-refractivity contribution in [2.75, 3.05) is 17.2 Å². The van der Waals surface area contributed by atoms with Gasteiger partial charge in [0, 0.05) is 12.2 Å². The molecule has 104 valence electrons. The molecule has 0 unspecified atom stereocenters. The number of para-hydroxylation sites is 1. The second-order valence-corrected chi connectivity index (χ2v) is 4.96. The maximum atomic E-state index is 12.3. The van der Waals surface area contributed by atoms with Gasteiger partial charge in [-0.25, -0.2) is 9.97 Å². The number of rotatable bonds is 5. The molecule has 0 saturated heterocycles. The number of carbonyl (C=O) groups is 1. The van der Waals surface area contributed by atoms with Gasteiger partial charge in [-0.1, -0.05) is 19.1 Å². The van der Waals surface area contributed by atoms with Crippen LogP contribution >= 0.6 is 15.9 Å². The largest absolute Gasteiger partial charge is 0.384 e. The number of halogens is 1. The summed E-state index contributed by atoms with van der Waals surface area (Å²) in [6.07, 6.45) is 4.04. The highest BCUT2D eigenvalue weighted by Crippen LogP contribution is 2.16. The zero-order valence-corrected chi connectivity index (χ0v) is 12.6. The van der Waals surface area contributed by atoms with E-state index in [1.165, 1.54) is 12.4 Å². The molecule has 0 aliphatic carbocycles. The summed E-state index contributed by atoms with van der Waals surface area (Å²) in [5.41, 5.74) is 1.41. The summed E-state index contributed by atoms with van der Waals surface area (Å²) in [7, 11) is 0. The Morgan fingerprint density at radius 2 is 2.05 bits per heavy atom. The lowest BCUT2D eigenvalue weighted by Crippen LogP contribution is -2.16. The molecule has 5 nitrogen and oxygen atoms in total. The second-order valence-electron chi connectivity index (χ2n) is 4.15. The molecule has 0 aliphatic rings. The predicted molar refractivity (Wildman–Crippen MR) is 82.9 cm³/mol. The molecule has 1 aromatic heterocycles. The van der Waals surface area contributed by atoms with Crippen molar-refractivity contribution in [1.29, 1.82) is 0 Å². The third kappa shape index (κ3) is 3.77. The van der Waals surface area contributed by atoms with Gasteiger partial charge in [-0.2, -0.15) is 0 Å². The fourth-order valence-electron chi connectivity index (χ4n) is 1.66. The average Bonchev–Trinajstić information content (AvgIpc) is 2.47. The van der Waals surface area contributed by atoms with E-state index in [9.17, 15) is 4.79 Å². The molecule has 0 atom stereocenters. The molecule has 1 amide bonds. The van der Waals surface area contributed by atoms with Gasteiger partial charge in [-0.05, 0) is 34.5 Å². The monoisotopic (exact) mass is 334 g/mol. The molecule has 2 N–H and O–H groups in total. The Balaban J connectivity index is 2.14. The molecule has 0 radical (unpaired) electrons. The molecule has 0 aliphatic heterocycles. The third-order valence-electron chi connectivity index (χ3n) is 2.60. The lowest BCUT2D eigenvalue weighted by Gasteiger charge is -2.11. The number of hydrogen-bond donors (Lipinski definition) is 2. The van der Waals surface area contributed by atoms with Gasteiger partial charge in [0.05, 0.1) is 18.0 Å². The van der Waals surface area contributed by atoms with Gasteiger partial charge in [-0.3, -0.25) is 4.79 Å². The summed E-state index contributed by atoms with van der Waals surface area (Å²) in [6, 6.07) is 7.39. The van der Waals surface area contributed by atoms with Crippen LogP contribution in [-0.4, -0.2) is 22.4 Å². The molecule has 6 heteroatoms. The van der Waals surface area contributed by atoms with Crippen LogP contribution in [0.3, 0.4) is 0 Å². The Hall–Kier alpha value is -1.95. The van der Waals surface area contributed by atoms with Crippen LogP contribution in [0, 0.1) is 0 Å². The van der Waals surface area contributed by atoms with Crippen molar-refractivity contribution in [3.8, 4) is 0 Å². The molecule has 0 bridgehead atoms. The number of nitrogens with zero attached hydrogens (tertiary/aromatic N) is 2. The van der Waals surface area contributed by atoms with E-state index in [-0.39, 0.29) is 5.91 Å². The molecule has 0 spiro atoms. The quantitative estimate of drug-likeness (QED) is 0.880. The fourth-order valence-corrected chi connectivity index (χ4v) is 1.86. The average molecular weight is 335 g/mol. The number of benzene rings is 1. The zero-order valence-electron chi connectivity index (χ0n) is 11.1. The van der Waals surface area contributed by atoms with Gasteiger partial charge >= 0.3 is 0 Å². The smallest absolute Gasteiger partial charge is 0.258 e. The van der Waals surface area contributed by atoms with Crippen LogP contribution in [0.4, 0.5) is 11.5 Å². The van der Waals surface area contributed by atoms with Gasteiger partial charge < -0.3 is 10.6 Å². The van der Waals surface area contributed by atoms with Gasteiger partial charge in [0.2, 0.25) is 0 Å². The molecular weight excluding hydrogens is 320 g/mol. The summed E-state index contributed by atoms with van der Waals surface area (Å²) < 4.78 is 0.625. The highest BCUT2D eigenvalue weighted by Gasteiger charge is 2.11. The minimum absolute atomic E-state index is 0.208. The molecule has 2 aromatic rings. The maximum Gasteiger partial charge on any atom is 0.258 e. The summed E-state index contributed by atoms with van der Waals surface area (Å²) in [5, 5.41) is 5.96. The zero-order chi connectivity index (χ0) is 14.4. The first-order valence-electron chi connectivity index (χ1n) is 6.32. The van der Waals surface area contributed by atoms with E-state index in [1.807, 2.05) is 18.2 Å². The summed E-state index contributed by atoms with van der Waals surface area (Å²) in [5.74, 6) is 0.212. The van der Waals surface area contributed by atoms with Crippen LogP contribution in [-0.2, 0) is 0 Å². The van der Waals surface area contributed by atoms with Crippen LogP contribution < -0.4 is 10.6 Å². The first kappa shape index (κ1) is 14.5. The van der Waals surface area contributed by atoms with Gasteiger partial charge in [0.1, 0.15) is 4.60 Å². The van der Waals surface area contributed by atoms with E-state index in [0.717, 1.165) is 18.7 Å². The Morgan fingerprint density at radius 1 is 1.25 bits per heavy atom. The Kier molecular flexibility index (Phi) is 5.06. The van der Waals surface area contributed by atoms with E-state index >= 15 is 0 Å². The van der Waals surface area contributed by atoms with E-state index in [2.05, 4.69) is 43.5 Å². The summed E-state index contributed by atoms with van der Waals surface area (Å²) in [4.78, 5) is 20.3. The van der Waals surface area contributed by atoms with Crippen LogP contribution in [0.5, 0.6) is 0 Å². The van der Waals surface area contributed by atoms with Crippen molar-refractivity contribution in [2.45, 2.75) is 13.3 Å². The first-order chi connectivity index (χ1) is 9.70. The van der Waals surface area contributed by atoms with Crippen molar-refractivity contribution in [3.63, 3.8) is 0 Å². The van der Waals surface area contributed by atoms with Gasteiger partial charge in [-0.15, -0.1) is 0 Å². The van der Waals surface area contributed by atoms with Crippen molar-refractivity contribution in [1.82, 2.24) is 9.97 Å². The van der Waals surface area contributed by atoms with Crippen molar-refractivity contribution in [2.24, 2.45) is 0 Å². The molecular formula is C14H15BrN4O. The normalized spacial score (nSPS) is 10.1. The standard InChI is InChI=1S/C14H15BrN4O/c1-2-7-16-11-6-4-3-5-10(11)14(20)19-13-9-17-12(15)8-18-13/h3-6,8-9,16H,2,7H2,1H3,(H,18,19,20). The van der Waals surface area contributed by atoms with Crippen LogP contribution in [0.15, 0.2) is 41.3 Å². The fraction of sp³-hybridized carbons (Fsp3) is 0.214. The lowest BCUT2D eigenvalue weighted by molar-refractivity contribution is 0.102. The number of nitrogens with one attached hydrogen (secondary N) is 2. The molecule has 0 fully saturated rings. The molecule has 2 rings (SSSR count). The molecule has 20 heavy (non-hydrogen) atoms. The summed E-state index contributed by atoms with van der Waals surface area (Å²) >= 11 is 3.20. The topological polar surface area (TPSA) is 66.9 Å². The Morgan fingerprint density at radius 3 is 2.75 bits per heavy atom. The molecule has 1 aromatic carbocycles. The van der Waals surface area contributed by atoms with E-state index in [0.29, 0.717) is 16.0 Å². The Bertz CT molecular complexity index is 586. The SMILES string of the molecule is CCCNc1ccccc1C(=O)Nc1cnc(Br)cn1. The number of amides is 1. The minimum atomic E-state index is -0.208. The van der Waals surface area contributed by atoms with E-state index < -0.39 is 0 Å². The molecule has 0 saturated carbocycles. The molecule has 1 heterocycles. The third-order valence-corrected chi connectivity index (χ3v) is 3.01. The van der Waals surface area contributed by atoms with Crippen molar-refractivity contribution in [3.05, 3.63) is 46.8 Å². The first-order valence-corrected chi connectivity index (χ1v) is 7.12. The highest BCUT2D eigenvalue weighted by atomic mass is 79.9. The summed E-state index contributed by atoms with van der Waals surface area (Å²) in [6.45, 7) is 2.90. The van der Waals surface area contributed by atoms with Crippen LogP contribution in [0.25, 0.3) is 0 Å². The van der Waals surface area contributed by atoms with E-state index in [4.69, 9.17) is 0 Å². The van der Waals surface area contributed by atoms with Crippen LogP contribution in [0.1, 0.15) is 23.7 Å².